The number of rotatable bonds is 1. The number of hydrogen-bond donors (Lipinski definition) is 0. The van der Waals surface area contributed by atoms with Gasteiger partial charge < -0.3 is 0 Å². The zero-order valence-electron chi connectivity index (χ0n) is 21.5. The van der Waals surface area contributed by atoms with Gasteiger partial charge in [-0.2, -0.15) is 0 Å². The van der Waals surface area contributed by atoms with Crippen LogP contribution in [0, 0.1) is 148 Å². The van der Waals surface area contributed by atoms with E-state index in [4.69, 9.17) is 6.42 Å². The smallest absolute Gasteiger partial charge is 0.132 e. The summed E-state index contributed by atoms with van der Waals surface area (Å²) >= 11 is 0. The van der Waals surface area contributed by atoms with Crippen LogP contribution in [0.2, 0.25) is 0 Å². The quantitative estimate of drug-likeness (QED) is 0.537. The van der Waals surface area contributed by atoms with Crippen molar-refractivity contribution in [1.29, 1.82) is 0 Å². The summed E-state index contributed by atoms with van der Waals surface area (Å²) in [5.74, 6) is 53.5. The molecule has 0 unspecified atom stereocenters. The van der Waals surface area contributed by atoms with Gasteiger partial charge in [-0.15, -0.1) is 6.42 Å². The molecule has 1 saturated carbocycles. The molecule has 1 nitrogen and oxygen atoms in total. The molecule has 0 spiro atoms. The van der Waals surface area contributed by atoms with E-state index in [9.17, 15) is 4.79 Å². The van der Waals surface area contributed by atoms with E-state index in [2.05, 4.69) is 145 Å². The lowest BCUT2D eigenvalue weighted by Crippen LogP contribution is -2.27. The summed E-state index contributed by atoms with van der Waals surface area (Å²) in [5, 5.41) is 0. The van der Waals surface area contributed by atoms with Crippen LogP contribution in [0.3, 0.4) is 0 Å². The summed E-state index contributed by atoms with van der Waals surface area (Å²) in [7, 11) is 0. The van der Waals surface area contributed by atoms with Gasteiger partial charge in [0.15, 0.2) is 0 Å². The van der Waals surface area contributed by atoms with Gasteiger partial charge in [0.2, 0.25) is 0 Å². The number of carbonyl (C=O) groups is 1. The van der Waals surface area contributed by atoms with Crippen LogP contribution < -0.4 is 0 Å². The third-order valence-corrected chi connectivity index (χ3v) is 4.85. The van der Waals surface area contributed by atoms with Crippen molar-refractivity contribution in [3.8, 4) is 131 Å². The fourth-order valence-corrected chi connectivity index (χ4v) is 3.00. The summed E-state index contributed by atoms with van der Waals surface area (Å²) in [6, 6.07) is 0. The highest BCUT2D eigenvalue weighted by Gasteiger charge is 2.30. The summed E-state index contributed by atoms with van der Waals surface area (Å²) in [5.41, 5.74) is 0.432. The second kappa shape index (κ2) is 20.4. The third kappa shape index (κ3) is 18.4. The maximum atomic E-state index is 11.2. The van der Waals surface area contributed by atoms with E-state index < -0.39 is 0 Å². The minimum atomic E-state index is 0.374. The molecule has 0 atom stereocenters. The van der Waals surface area contributed by atoms with Gasteiger partial charge >= 0.3 is 0 Å². The molecule has 1 aliphatic rings. The largest absolute Gasteiger partial charge is 0.300 e. The predicted octanol–water partition coefficient (Wildman–Crippen LogP) is 4.10. The molecule has 36 heavy (non-hydrogen) atoms. The summed E-state index contributed by atoms with van der Waals surface area (Å²) in [6.45, 7) is 10.4. The standard InChI is InChI=1S/C23H4.C12H22O/c1-3-5-7-9-11-13-15-17-19-21-23-22-20-18-16-14-12-10-8-6-4-2;1-9(13)10-5-7-11(8-6-10)12(2,3)4/h1H,2H3;10-11H,5-8H2,1-4H3. The maximum Gasteiger partial charge on any atom is 0.132 e. The molecule has 0 aromatic rings. The first-order valence-corrected chi connectivity index (χ1v) is 11.2. The molecule has 0 amide bonds. The van der Waals surface area contributed by atoms with Gasteiger partial charge in [0.1, 0.15) is 5.78 Å². The molecule has 1 fully saturated rings. The Hall–Kier alpha value is -5.17. The normalized spacial score (nSPS) is 13.3. The van der Waals surface area contributed by atoms with Crippen molar-refractivity contribution in [3.05, 3.63) is 0 Å². The summed E-state index contributed by atoms with van der Waals surface area (Å²) < 4.78 is 0. The zero-order chi connectivity index (χ0) is 26.9. The highest BCUT2D eigenvalue weighted by Crippen LogP contribution is 2.39. The van der Waals surface area contributed by atoms with Crippen molar-refractivity contribution < 1.29 is 4.79 Å². The van der Waals surface area contributed by atoms with Crippen LogP contribution in [0.15, 0.2) is 0 Å². The Morgan fingerprint density at radius 1 is 0.583 bits per heavy atom. The molecule has 1 heteroatoms. The van der Waals surface area contributed by atoms with E-state index >= 15 is 0 Å². The third-order valence-electron chi connectivity index (χ3n) is 4.85. The first-order chi connectivity index (χ1) is 17.3. The van der Waals surface area contributed by atoms with Gasteiger partial charge in [-0.3, -0.25) is 4.79 Å². The van der Waals surface area contributed by atoms with Crippen LogP contribution in [0.1, 0.15) is 60.3 Å². The Morgan fingerprint density at radius 2 is 0.889 bits per heavy atom. The monoisotopic (exact) mass is 462 g/mol. The minimum Gasteiger partial charge on any atom is -0.300 e. The SMILES string of the molecule is C#CC#CC#CC#CC#CC#CC#CC#CC#CC#CC#CC.CC(=O)C1CCC(C(C)(C)C)CC1. The molecule has 172 valence electrons. The Kier molecular flexibility index (Phi) is 17.5. The second-order valence-electron chi connectivity index (χ2n) is 8.29. The molecule has 0 aromatic carbocycles. The highest BCUT2D eigenvalue weighted by molar-refractivity contribution is 5.78. The van der Waals surface area contributed by atoms with Gasteiger partial charge in [-0.25, -0.2) is 0 Å². The van der Waals surface area contributed by atoms with Crippen molar-refractivity contribution in [2.24, 2.45) is 17.3 Å². The van der Waals surface area contributed by atoms with Gasteiger partial charge in [0.05, 0.1) is 0 Å². The lowest BCUT2D eigenvalue weighted by molar-refractivity contribution is -0.122. The average Bonchev–Trinajstić information content (AvgIpc) is 2.85. The van der Waals surface area contributed by atoms with Crippen LogP contribution in [0.25, 0.3) is 0 Å². The summed E-state index contributed by atoms with van der Waals surface area (Å²) in [4.78, 5) is 11.2. The number of terminal acetylenes is 1. The Morgan fingerprint density at radius 3 is 1.14 bits per heavy atom. The summed E-state index contributed by atoms with van der Waals surface area (Å²) in [6.07, 6.45) is 9.64. The van der Waals surface area contributed by atoms with Crippen LogP contribution in [-0.2, 0) is 4.79 Å². The number of Topliss-reactive ketones (excluding diaryl/α,β-unsaturated/α-hetero) is 1. The number of ketones is 1. The van der Waals surface area contributed by atoms with Crippen molar-refractivity contribution in [2.75, 3.05) is 0 Å². The molecular formula is C35H26O. The van der Waals surface area contributed by atoms with Gasteiger partial charge in [0.25, 0.3) is 0 Å². The van der Waals surface area contributed by atoms with E-state index in [1.165, 1.54) is 12.8 Å². The van der Waals surface area contributed by atoms with Crippen LogP contribution >= 0.6 is 0 Å². The molecular weight excluding hydrogens is 436 g/mol. The predicted molar refractivity (Wildman–Crippen MR) is 148 cm³/mol. The number of hydrogen-bond acceptors (Lipinski definition) is 1. The van der Waals surface area contributed by atoms with Crippen LogP contribution in [0.4, 0.5) is 0 Å². The second-order valence-corrected chi connectivity index (χ2v) is 8.29. The first kappa shape index (κ1) is 30.8. The van der Waals surface area contributed by atoms with Gasteiger partial charge in [-0.05, 0) is 146 Å². The topological polar surface area (TPSA) is 17.1 Å². The molecule has 1 rings (SSSR count). The fraction of sp³-hybridized carbons (Fsp3) is 0.343. The van der Waals surface area contributed by atoms with E-state index in [0.29, 0.717) is 17.1 Å². The molecule has 0 bridgehead atoms. The minimum absolute atomic E-state index is 0.374. The van der Waals surface area contributed by atoms with Crippen molar-refractivity contribution in [3.63, 3.8) is 0 Å². The molecule has 1 aliphatic carbocycles. The van der Waals surface area contributed by atoms with E-state index in [1.807, 2.05) is 0 Å². The maximum absolute atomic E-state index is 11.2. The van der Waals surface area contributed by atoms with Crippen molar-refractivity contribution >= 4 is 5.78 Å². The molecule has 0 heterocycles. The molecule has 0 radical (unpaired) electrons. The van der Waals surface area contributed by atoms with E-state index in [1.54, 1.807) is 13.8 Å². The van der Waals surface area contributed by atoms with Crippen molar-refractivity contribution in [1.82, 2.24) is 0 Å². The Labute approximate surface area is 218 Å². The Bertz CT molecular complexity index is 1460. The molecule has 0 aliphatic heterocycles. The number of carbonyl (C=O) groups excluding carboxylic acids is 1. The van der Waals surface area contributed by atoms with Crippen molar-refractivity contribution in [2.45, 2.75) is 60.3 Å². The van der Waals surface area contributed by atoms with Gasteiger partial charge in [-0.1, -0.05) is 26.7 Å². The van der Waals surface area contributed by atoms with E-state index in [0.717, 1.165) is 18.8 Å². The van der Waals surface area contributed by atoms with E-state index in [-0.39, 0.29) is 0 Å². The molecule has 0 aromatic heterocycles. The van der Waals surface area contributed by atoms with Crippen LogP contribution in [-0.4, -0.2) is 5.78 Å². The average molecular weight is 463 g/mol. The highest BCUT2D eigenvalue weighted by atomic mass is 16.1. The molecule has 0 N–H and O–H groups in total. The molecule has 0 saturated heterocycles. The zero-order valence-corrected chi connectivity index (χ0v) is 21.5. The first-order valence-electron chi connectivity index (χ1n) is 11.2. The van der Waals surface area contributed by atoms with Crippen LogP contribution in [0.5, 0.6) is 0 Å². The Balaban J connectivity index is 0.000000790. The van der Waals surface area contributed by atoms with Gasteiger partial charge in [0, 0.05) is 29.6 Å². The lowest BCUT2D eigenvalue weighted by Gasteiger charge is -2.36. The fourth-order valence-electron chi connectivity index (χ4n) is 3.00. The lowest BCUT2D eigenvalue weighted by atomic mass is 9.69.